The van der Waals surface area contributed by atoms with Gasteiger partial charge in [0, 0.05) is 28.2 Å². The summed E-state index contributed by atoms with van der Waals surface area (Å²) in [6.45, 7) is 1.89. The van der Waals surface area contributed by atoms with E-state index in [0.717, 1.165) is 44.6 Å². The highest BCUT2D eigenvalue weighted by Gasteiger charge is 2.21. The lowest BCUT2D eigenvalue weighted by Gasteiger charge is -2.03. The van der Waals surface area contributed by atoms with Gasteiger partial charge in [-0.15, -0.1) is 11.3 Å². The molecule has 0 amide bonds. The molecule has 0 fully saturated rings. The molecule has 28 heavy (non-hydrogen) atoms. The highest BCUT2D eigenvalue weighted by molar-refractivity contribution is 7.21. The molecule has 0 bridgehead atoms. The minimum atomic E-state index is -1.23. The van der Waals surface area contributed by atoms with Gasteiger partial charge in [-0.1, -0.05) is 36.4 Å². The van der Waals surface area contributed by atoms with Crippen molar-refractivity contribution in [3.63, 3.8) is 0 Å². The van der Waals surface area contributed by atoms with Crippen molar-refractivity contribution in [3.8, 4) is 21.7 Å². The summed E-state index contributed by atoms with van der Waals surface area (Å²) in [6.07, 6.45) is 0. The molecule has 0 saturated heterocycles. The molecule has 0 spiro atoms. The molecule has 0 aliphatic carbocycles. The summed E-state index contributed by atoms with van der Waals surface area (Å²) in [6, 6.07) is 16.5. The second-order valence-corrected chi connectivity index (χ2v) is 7.60. The van der Waals surface area contributed by atoms with Gasteiger partial charge in [0.25, 0.3) is 0 Å². The van der Waals surface area contributed by atoms with Gasteiger partial charge in [0.15, 0.2) is 11.6 Å². The van der Waals surface area contributed by atoms with Crippen LogP contribution >= 0.6 is 11.3 Å². The number of nitrogens with zero attached hydrogens (tertiary/aromatic N) is 1. The van der Waals surface area contributed by atoms with E-state index in [-0.39, 0.29) is 10.2 Å². The number of thiazole rings is 1. The maximum absolute atomic E-state index is 14.1. The van der Waals surface area contributed by atoms with Gasteiger partial charge < -0.3 is 4.98 Å². The molecule has 5 aromatic rings. The standard InChI is InChI=1S/C22H13F3N2S/c1-11-18(22-27-20-19(25)15(23)10-16(24)21(20)28-22)14-9-13(7-8-17(14)26-11)12-5-3-2-4-6-12/h2-10,26H,1H3. The zero-order chi connectivity index (χ0) is 19.4. The van der Waals surface area contributed by atoms with Crippen LogP contribution in [0.15, 0.2) is 54.6 Å². The third kappa shape index (κ3) is 2.52. The van der Waals surface area contributed by atoms with E-state index in [9.17, 15) is 13.2 Å². The number of hydrogen-bond donors (Lipinski definition) is 1. The molecule has 6 heteroatoms. The highest BCUT2D eigenvalue weighted by Crippen LogP contribution is 2.40. The number of aryl methyl sites for hydroxylation is 1. The number of hydrogen-bond acceptors (Lipinski definition) is 2. The number of aromatic amines is 1. The fourth-order valence-electron chi connectivity index (χ4n) is 3.50. The molecule has 2 aromatic heterocycles. The smallest absolute Gasteiger partial charge is 0.186 e. The zero-order valence-corrected chi connectivity index (χ0v) is 15.5. The lowest BCUT2D eigenvalue weighted by atomic mass is 10.0. The number of halogens is 3. The van der Waals surface area contributed by atoms with Crippen LogP contribution in [0.25, 0.3) is 42.8 Å². The number of fused-ring (bicyclic) bond motifs is 2. The predicted molar refractivity (Wildman–Crippen MR) is 107 cm³/mol. The average Bonchev–Trinajstić information content (AvgIpc) is 3.27. The largest absolute Gasteiger partial charge is 0.358 e. The molecular formula is C22H13F3N2S. The quantitative estimate of drug-likeness (QED) is 0.326. The molecule has 0 radical (unpaired) electrons. The molecule has 5 rings (SSSR count). The van der Waals surface area contributed by atoms with E-state index in [2.05, 4.69) is 9.97 Å². The van der Waals surface area contributed by atoms with Crippen molar-refractivity contribution in [2.24, 2.45) is 0 Å². The molecule has 138 valence electrons. The first-order valence-corrected chi connectivity index (χ1v) is 9.46. The highest BCUT2D eigenvalue weighted by atomic mass is 32.1. The maximum atomic E-state index is 14.1. The minimum absolute atomic E-state index is 0.0156. The van der Waals surface area contributed by atoms with Crippen molar-refractivity contribution >= 4 is 32.5 Å². The van der Waals surface area contributed by atoms with Gasteiger partial charge in [0.05, 0.1) is 4.70 Å². The summed E-state index contributed by atoms with van der Waals surface area (Å²) in [5, 5.41) is 1.35. The summed E-state index contributed by atoms with van der Waals surface area (Å²) in [5.41, 5.74) is 4.33. The molecule has 1 N–H and O–H groups in total. The van der Waals surface area contributed by atoms with Gasteiger partial charge in [-0.2, -0.15) is 0 Å². The Bertz CT molecular complexity index is 1350. The van der Waals surface area contributed by atoms with Crippen LogP contribution in [0.5, 0.6) is 0 Å². The van der Waals surface area contributed by atoms with Gasteiger partial charge >= 0.3 is 0 Å². The number of H-pyrrole nitrogens is 1. The molecule has 3 aromatic carbocycles. The van der Waals surface area contributed by atoms with Gasteiger partial charge in [0.2, 0.25) is 0 Å². The summed E-state index contributed by atoms with van der Waals surface area (Å²) in [4.78, 5) is 7.53. The van der Waals surface area contributed by atoms with E-state index in [1.165, 1.54) is 0 Å². The lowest BCUT2D eigenvalue weighted by Crippen LogP contribution is -1.88. The summed E-state index contributed by atoms with van der Waals surface area (Å²) in [7, 11) is 0. The first kappa shape index (κ1) is 17.0. The van der Waals surface area contributed by atoms with E-state index in [0.29, 0.717) is 11.1 Å². The number of benzene rings is 3. The van der Waals surface area contributed by atoms with Crippen molar-refractivity contribution in [1.82, 2.24) is 9.97 Å². The summed E-state index contributed by atoms with van der Waals surface area (Å²) < 4.78 is 41.9. The summed E-state index contributed by atoms with van der Waals surface area (Å²) in [5.74, 6) is -3.16. The van der Waals surface area contributed by atoms with Gasteiger partial charge in [-0.05, 0) is 30.2 Å². The second-order valence-electron chi connectivity index (χ2n) is 6.60. The SMILES string of the molecule is Cc1[nH]c2ccc(-c3ccccc3)cc2c1-c1nc2c(F)c(F)cc(F)c2s1. The topological polar surface area (TPSA) is 28.7 Å². The Morgan fingerprint density at radius 1 is 0.893 bits per heavy atom. The van der Waals surface area contributed by atoms with Crippen LogP contribution in [0.1, 0.15) is 5.69 Å². The number of rotatable bonds is 2. The Kier molecular flexibility index (Phi) is 3.77. The fraction of sp³-hybridized carbons (Fsp3) is 0.0455. The molecule has 2 heterocycles. The predicted octanol–water partition coefficient (Wildman–Crippen LogP) is 6.84. The third-order valence-corrected chi connectivity index (χ3v) is 5.90. The Hall–Kier alpha value is -3.12. The monoisotopic (exact) mass is 394 g/mol. The van der Waals surface area contributed by atoms with E-state index in [1.807, 2.05) is 55.5 Å². The number of nitrogens with one attached hydrogen (secondary N) is 1. The Labute approximate surface area is 162 Å². The second kappa shape index (κ2) is 6.21. The van der Waals surface area contributed by atoms with Crippen molar-refractivity contribution in [2.75, 3.05) is 0 Å². The van der Waals surface area contributed by atoms with Crippen molar-refractivity contribution in [1.29, 1.82) is 0 Å². The first-order valence-electron chi connectivity index (χ1n) is 8.65. The van der Waals surface area contributed by atoms with E-state index in [1.54, 1.807) is 0 Å². The van der Waals surface area contributed by atoms with Crippen molar-refractivity contribution < 1.29 is 13.2 Å². The third-order valence-electron chi connectivity index (χ3n) is 4.82. The van der Waals surface area contributed by atoms with Crippen LogP contribution in [-0.2, 0) is 0 Å². The number of aromatic nitrogens is 2. The average molecular weight is 394 g/mol. The molecule has 0 atom stereocenters. The van der Waals surface area contributed by atoms with E-state index < -0.39 is 17.5 Å². The molecule has 0 unspecified atom stereocenters. The van der Waals surface area contributed by atoms with Crippen molar-refractivity contribution in [2.45, 2.75) is 6.92 Å². The Balaban J connectivity index is 1.77. The van der Waals surface area contributed by atoms with E-state index >= 15 is 0 Å². The van der Waals surface area contributed by atoms with Crippen molar-refractivity contribution in [3.05, 3.63) is 77.7 Å². The Morgan fingerprint density at radius 3 is 2.46 bits per heavy atom. The van der Waals surface area contributed by atoms with Crippen LogP contribution in [0.4, 0.5) is 13.2 Å². The molecule has 2 nitrogen and oxygen atoms in total. The zero-order valence-electron chi connectivity index (χ0n) is 14.7. The Morgan fingerprint density at radius 2 is 1.68 bits per heavy atom. The molecule has 0 aliphatic heterocycles. The van der Waals surface area contributed by atoms with E-state index in [4.69, 9.17) is 0 Å². The van der Waals surface area contributed by atoms with Crippen LogP contribution in [-0.4, -0.2) is 9.97 Å². The fourth-order valence-corrected chi connectivity index (χ4v) is 4.59. The van der Waals surface area contributed by atoms with Crippen LogP contribution < -0.4 is 0 Å². The molecule has 0 aliphatic rings. The molecular weight excluding hydrogens is 381 g/mol. The normalized spacial score (nSPS) is 11.6. The van der Waals surface area contributed by atoms with Gasteiger partial charge in [-0.25, -0.2) is 18.2 Å². The van der Waals surface area contributed by atoms with Crippen LogP contribution in [0, 0.1) is 24.4 Å². The molecule has 0 saturated carbocycles. The minimum Gasteiger partial charge on any atom is -0.358 e. The lowest BCUT2D eigenvalue weighted by molar-refractivity contribution is 0.505. The van der Waals surface area contributed by atoms with Crippen LogP contribution in [0.3, 0.4) is 0 Å². The first-order chi connectivity index (χ1) is 13.5. The van der Waals surface area contributed by atoms with Gasteiger partial charge in [0.1, 0.15) is 16.3 Å². The summed E-state index contributed by atoms with van der Waals surface area (Å²) >= 11 is 1.02. The maximum Gasteiger partial charge on any atom is 0.186 e. The van der Waals surface area contributed by atoms with Gasteiger partial charge in [-0.3, -0.25) is 0 Å². The van der Waals surface area contributed by atoms with Crippen LogP contribution in [0.2, 0.25) is 0 Å².